The molecule has 1 aromatic carbocycles. The molecule has 1 N–H and O–H groups in total. The zero-order chi connectivity index (χ0) is 14.2. The van der Waals surface area contributed by atoms with Crippen LogP contribution in [0.25, 0.3) is 0 Å². The third-order valence-corrected chi connectivity index (χ3v) is 5.20. The average Bonchev–Trinajstić information content (AvgIpc) is 2.56. The summed E-state index contributed by atoms with van der Waals surface area (Å²) < 4.78 is 12.2. The van der Waals surface area contributed by atoms with Gasteiger partial charge in [-0.3, -0.25) is 0 Å². The molecule has 1 saturated heterocycles. The van der Waals surface area contributed by atoms with Crippen molar-refractivity contribution in [2.24, 2.45) is 0 Å². The Morgan fingerprint density at radius 2 is 1.67 bits per heavy atom. The fourth-order valence-electron chi connectivity index (χ4n) is 4.18. The molecule has 21 heavy (non-hydrogen) atoms. The number of hydrogen-bond acceptors (Lipinski definition) is 3. The predicted octanol–water partition coefficient (Wildman–Crippen LogP) is 3.46. The predicted molar refractivity (Wildman–Crippen MR) is 83.4 cm³/mol. The van der Waals surface area contributed by atoms with Crippen LogP contribution < -0.4 is 14.8 Å². The highest BCUT2D eigenvalue weighted by molar-refractivity contribution is 5.61. The number of hydrogen-bond donors (Lipinski definition) is 1. The highest BCUT2D eigenvalue weighted by Gasteiger charge is 2.31. The van der Waals surface area contributed by atoms with Gasteiger partial charge >= 0.3 is 0 Å². The van der Waals surface area contributed by atoms with Gasteiger partial charge in [-0.25, -0.2) is 0 Å². The minimum absolute atomic E-state index is 0.460. The molecule has 0 radical (unpaired) electrons. The summed E-state index contributed by atoms with van der Waals surface area (Å²) >= 11 is 0. The molecule has 1 fully saturated rings. The molecule has 0 aromatic heterocycles. The second kappa shape index (κ2) is 5.53. The molecular weight excluding hydrogens is 262 g/mol. The number of fused-ring (bicyclic) bond motifs is 2. The van der Waals surface area contributed by atoms with Gasteiger partial charge in [-0.1, -0.05) is 6.42 Å². The van der Waals surface area contributed by atoms with E-state index < -0.39 is 0 Å². The Kier molecular flexibility index (Phi) is 3.54. The number of ether oxygens (including phenoxy) is 2. The molecule has 0 spiro atoms. The molecule has 3 heteroatoms. The number of piperidine rings is 1. The molecule has 1 atom stereocenters. The van der Waals surface area contributed by atoms with E-state index in [2.05, 4.69) is 12.2 Å². The van der Waals surface area contributed by atoms with Gasteiger partial charge in [0.15, 0.2) is 0 Å². The molecule has 4 rings (SSSR count). The minimum Gasteiger partial charge on any atom is -0.493 e. The Labute approximate surface area is 127 Å². The van der Waals surface area contributed by atoms with Crippen LogP contribution in [-0.4, -0.2) is 19.8 Å². The van der Waals surface area contributed by atoms with Crippen molar-refractivity contribution in [3.05, 3.63) is 22.3 Å². The summed E-state index contributed by atoms with van der Waals surface area (Å²) in [5.41, 5.74) is 5.60. The largest absolute Gasteiger partial charge is 0.493 e. The van der Waals surface area contributed by atoms with Gasteiger partial charge in [0.1, 0.15) is 11.5 Å². The molecule has 0 aliphatic carbocycles. The summed E-state index contributed by atoms with van der Waals surface area (Å²) in [5, 5.41) is 3.72. The highest BCUT2D eigenvalue weighted by atomic mass is 16.5. The van der Waals surface area contributed by atoms with E-state index >= 15 is 0 Å². The Morgan fingerprint density at radius 3 is 2.43 bits per heavy atom. The Balaban J connectivity index is 1.89. The van der Waals surface area contributed by atoms with Crippen molar-refractivity contribution in [3.63, 3.8) is 0 Å². The van der Waals surface area contributed by atoms with E-state index in [9.17, 15) is 0 Å². The molecular formula is C18H25NO2. The van der Waals surface area contributed by atoms with Crippen LogP contribution in [0.5, 0.6) is 11.5 Å². The summed E-state index contributed by atoms with van der Waals surface area (Å²) in [6, 6.07) is 0.460. The lowest BCUT2D eigenvalue weighted by molar-refractivity contribution is 0.260. The van der Waals surface area contributed by atoms with E-state index in [-0.39, 0.29) is 0 Å². The van der Waals surface area contributed by atoms with Crippen molar-refractivity contribution in [2.45, 2.75) is 57.9 Å². The van der Waals surface area contributed by atoms with Gasteiger partial charge in [0.2, 0.25) is 0 Å². The standard InChI is InChI=1S/C18H25NO2/c1-12-13-6-4-11-21-18(13)16(15-8-2-3-9-19-15)14-7-5-10-20-17(12)14/h15,19H,2-11H2,1H3. The fourth-order valence-corrected chi connectivity index (χ4v) is 4.18. The van der Waals surface area contributed by atoms with Gasteiger partial charge in [-0.15, -0.1) is 0 Å². The van der Waals surface area contributed by atoms with Crippen LogP contribution in [0.2, 0.25) is 0 Å². The van der Waals surface area contributed by atoms with Crippen LogP contribution in [0.1, 0.15) is 60.4 Å². The molecule has 3 aliphatic heterocycles. The smallest absolute Gasteiger partial charge is 0.128 e. The Hall–Kier alpha value is -1.22. The van der Waals surface area contributed by atoms with Gasteiger partial charge in [0.25, 0.3) is 0 Å². The third-order valence-electron chi connectivity index (χ3n) is 5.20. The molecule has 1 aromatic rings. The lowest BCUT2D eigenvalue weighted by Crippen LogP contribution is -2.30. The van der Waals surface area contributed by atoms with Gasteiger partial charge in [-0.2, -0.15) is 0 Å². The quantitative estimate of drug-likeness (QED) is 0.858. The van der Waals surface area contributed by atoms with Crippen molar-refractivity contribution in [1.29, 1.82) is 0 Å². The molecule has 1 unspecified atom stereocenters. The van der Waals surface area contributed by atoms with Crippen LogP contribution in [0.4, 0.5) is 0 Å². The zero-order valence-corrected chi connectivity index (χ0v) is 13.0. The van der Waals surface area contributed by atoms with Crippen LogP contribution in [-0.2, 0) is 12.8 Å². The second-order valence-electron chi connectivity index (χ2n) is 6.56. The van der Waals surface area contributed by atoms with Gasteiger partial charge in [0, 0.05) is 22.7 Å². The first kappa shape index (κ1) is 13.4. The molecule has 3 nitrogen and oxygen atoms in total. The van der Waals surface area contributed by atoms with Gasteiger partial charge in [-0.05, 0) is 57.6 Å². The van der Waals surface area contributed by atoms with Crippen molar-refractivity contribution < 1.29 is 9.47 Å². The van der Waals surface area contributed by atoms with Crippen LogP contribution in [0.3, 0.4) is 0 Å². The molecule has 0 saturated carbocycles. The van der Waals surface area contributed by atoms with Gasteiger partial charge in [0.05, 0.1) is 13.2 Å². The summed E-state index contributed by atoms with van der Waals surface area (Å²) in [5.74, 6) is 2.37. The minimum atomic E-state index is 0.460. The first-order valence-corrected chi connectivity index (χ1v) is 8.53. The maximum Gasteiger partial charge on any atom is 0.128 e. The zero-order valence-electron chi connectivity index (χ0n) is 13.0. The fraction of sp³-hybridized carbons (Fsp3) is 0.667. The van der Waals surface area contributed by atoms with E-state index in [1.807, 2.05) is 0 Å². The molecule has 0 bridgehead atoms. The van der Waals surface area contributed by atoms with Crippen LogP contribution in [0, 0.1) is 6.92 Å². The topological polar surface area (TPSA) is 30.5 Å². The first-order valence-electron chi connectivity index (χ1n) is 8.53. The Bertz CT molecular complexity index is 510. The van der Waals surface area contributed by atoms with E-state index in [0.717, 1.165) is 45.4 Å². The van der Waals surface area contributed by atoms with Crippen LogP contribution >= 0.6 is 0 Å². The lowest BCUT2D eigenvalue weighted by atomic mass is 9.84. The second-order valence-corrected chi connectivity index (χ2v) is 6.56. The van der Waals surface area contributed by atoms with Crippen molar-refractivity contribution in [3.8, 4) is 11.5 Å². The first-order chi connectivity index (χ1) is 10.4. The number of rotatable bonds is 1. The third kappa shape index (κ3) is 2.22. The molecule has 3 heterocycles. The van der Waals surface area contributed by atoms with E-state index in [1.165, 1.54) is 53.0 Å². The van der Waals surface area contributed by atoms with E-state index in [0.29, 0.717) is 6.04 Å². The summed E-state index contributed by atoms with van der Waals surface area (Å²) in [6.07, 6.45) is 8.37. The maximum atomic E-state index is 6.16. The summed E-state index contributed by atoms with van der Waals surface area (Å²) in [6.45, 7) is 5.08. The monoisotopic (exact) mass is 287 g/mol. The summed E-state index contributed by atoms with van der Waals surface area (Å²) in [7, 11) is 0. The average molecular weight is 287 g/mol. The van der Waals surface area contributed by atoms with Crippen LogP contribution in [0.15, 0.2) is 0 Å². The number of benzene rings is 1. The van der Waals surface area contributed by atoms with Gasteiger partial charge < -0.3 is 14.8 Å². The summed E-state index contributed by atoms with van der Waals surface area (Å²) in [4.78, 5) is 0. The maximum absolute atomic E-state index is 6.16. The molecule has 3 aliphatic rings. The van der Waals surface area contributed by atoms with E-state index in [4.69, 9.17) is 9.47 Å². The van der Waals surface area contributed by atoms with Crippen molar-refractivity contribution >= 4 is 0 Å². The van der Waals surface area contributed by atoms with Crippen molar-refractivity contribution in [1.82, 2.24) is 5.32 Å². The highest BCUT2D eigenvalue weighted by Crippen LogP contribution is 2.46. The molecule has 114 valence electrons. The number of nitrogens with one attached hydrogen (secondary N) is 1. The molecule has 0 amide bonds. The Morgan fingerprint density at radius 1 is 0.905 bits per heavy atom. The van der Waals surface area contributed by atoms with E-state index in [1.54, 1.807) is 0 Å². The SMILES string of the molecule is Cc1c2c(c(C3CCCCN3)c3c1OCCC3)OCCC2. The lowest BCUT2D eigenvalue weighted by Gasteiger charge is -2.34. The normalized spacial score (nSPS) is 24.5. The van der Waals surface area contributed by atoms with Crippen molar-refractivity contribution in [2.75, 3.05) is 19.8 Å².